The third-order valence-electron chi connectivity index (χ3n) is 6.92. The van der Waals surface area contributed by atoms with E-state index < -0.39 is 11.7 Å². The van der Waals surface area contributed by atoms with Crippen LogP contribution in [0.2, 0.25) is 0 Å². The van der Waals surface area contributed by atoms with E-state index in [1.807, 2.05) is 20.8 Å². The monoisotopic (exact) mass is 336 g/mol. The lowest BCUT2D eigenvalue weighted by molar-refractivity contribution is -0.214. The molecule has 4 fully saturated rings. The van der Waals surface area contributed by atoms with Crippen molar-refractivity contribution in [2.75, 3.05) is 6.61 Å². The number of carbonyl (C=O) groups excluding carboxylic acids is 1. The molecule has 0 heterocycles. The molecule has 0 amide bonds. The van der Waals surface area contributed by atoms with Crippen LogP contribution in [0.4, 0.5) is 0 Å². The Morgan fingerprint density at radius 2 is 1.58 bits per heavy atom. The van der Waals surface area contributed by atoms with Gasteiger partial charge in [0.05, 0.1) is 12.0 Å². The SMILES string of the molecule is CCC(C)(C)C(=O)OC(OCC12CC3CC(CC(C3)C1)C2)C(C)C. The molecule has 4 bridgehead atoms. The van der Waals surface area contributed by atoms with E-state index in [0.717, 1.165) is 30.8 Å². The van der Waals surface area contributed by atoms with Crippen molar-refractivity contribution in [3.63, 3.8) is 0 Å². The number of carbonyl (C=O) groups is 1. The summed E-state index contributed by atoms with van der Waals surface area (Å²) in [6, 6.07) is 0. The molecule has 24 heavy (non-hydrogen) atoms. The molecule has 0 aliphatic heterocycles. The lowest BCUT2D eigenvalue weighted by atomic mass is 9.50. The van der Waals surface area contributed by atoms with Crippen molar-refractivity contribution in [1.82, 2.24) is 0 Å². The number of ether oxygens (including phenoxy) is 2. The minimum absolute atomic E-state index is 0.130. The van der Waals surface area contributed by atoms with Crippen molar-refractivity contribution in [3.05, 3.63) is 0 Å². The van der Waals surface area contributed by atoms with Gasteiger partial charge in [-0.25, -0.2) is 0 Å². The fraction of sp³-hybridized carbons (Fsp3) is 0.952. The predicted molar refractivity (Wildman–Crippen MR) is 95.3 cm³/mol. The largest absolute Gasteiger partial charge is 0.435 e. The first-order valence-electron chi connectivity index (χ1n) is 10.1. The third kappa shape index (κ3) is 3.66. The van der Waals surface area contributed by atoms with Crippen LogP contribution in [0, 0.1) is 34.5 Å². The normalized spacial score (nSPS) is 36.2. The van der Waals surface area contributed by atoms with Crippen molar-refractivity contribution >= 4 is 5.97 Å². The standard InChI is InChI=1S/C21H36O3/c1-6-20(4,5)19(22)24-18(14(2)3)23-13-21-10-15-7-16(11-21)9-17(8-15)12-21/h14-18H,6-13H2,1-5H3. The smallest absolute Gasteiger partial charge is 0.313 e. The van der Waals surface area contributed by atoms with E-state index in [1.165, 1.54) is 38.5 Å². The number of esters is 1. The number of rotatable bonds is 7. The maximum absolute atomic E-state index is 12.4. The highest BCUT2D eigenvalue weighted by Gasteiger charge is 2.51. The summed E-state index contributed by atoms with van der Waals surface area (Å²) in [6.07, 6.45) is 8.72. The molecule has 3 heteroatoms. The molecule has 138 valence electrons. The molecule has 0 N–H and O–H groups in total. The van der Waals surface area contributed by atoms with Gasteiger partial charge in [-0.2, -0.15) is 0 Å². The van der Waals surface area contributed by atoms with Crippen LogP contribution in [0.3, 0.4) is 0 Å². The molecule has 0 radical (unpaired) electrons. The number of hydrogen-bond donors (Lipinski definition) is 0. The van der Waals surface area contributed by atoms with Gasteiger partial charge in [-0.3, -0.25) is 4.79 Å². The average Bonchev–Trinajstić information content (AvgIpc) is 2.49. The van der Waals surface area contributed by atoms with Crippen LogP contribution >= 0.6 is 0 Å². The molecule has 0 aromatic heterocycles. The first-order chi connectivity index (χ1) is 11.2. The van der Waals surface area contributed by atoms with Crippen LogP contribution in [0.15, 0.2) is 0 Å². The van der Waals surface area contributed by atoms with Crippen LogP contribution in [-0.2, 0) is 14.3 Å². The molecule has 0 aromatic rings. The predicted octanol–water partition coefficient (Wildman–Crippen LogP) is 5.18. The second kappa shape index (κ2) is 6.63. The summed E-state index contributed by atoms with van der Waals surface area (Å²) < 4.78 is 12.0. The number of hydrogen-bond acceptors (Lipinski definition) is 3. The zero-order valence-corrected chi connectivity index (χ0v) is 16.3. The zero-order chi connectivity index (χ0) is 17.5. The summed E-state index contributed by atoms with van der Waals surface area (Å²) in [5.41, 5.74) is -0.0637. The fourth-order valence-corrected chi connectivity index (χ4v) is 5.50. The van der Waals surface area contributed by atoms with E-state index in [2.05, 4.69) is 13.8 Å². The van der Waals surface area contributed by atoms with Gasteiger partial charge in [0, 0.05) is 5.92 Å². The van der Waals surface area contributed by atoms with Gasteiger partial charge >= 0.3 is 5.97 Å². The molecule has 4 aliphatic carbocycles. The van der Waals surface area contributed by atoms with Gasteiger partial charge < -0.3 is 9.47 Å². The summed E-state index contributed by atoms with van der Waals surface area (Å²) in [5, 5.41) is 0. The quantitative estimate of drug-likeness (QED) is 0.474. The molecular weight excluding hydrogens is 300 g/mol. The van der Waals surface area contributed by atoms with Crippen LogP contribution in [0.1, 0.15) is 79.6 Å². The zero-order valence-electron chi connectivity index (χ0n) is 16.3. The Balaban J connectivity index is 1.60. The van der Waals surface area contributed by atoms with Gasteiger partial charge in [-0.05, 0) is 82.0 Å². The van der Waals surface area contributed by atoms with Gasteiger partial charge in [-0.1, -0.05) is 20.8 Å². The second-order valence-electron chi connectivity index (χ2n) is 9.98. The molecule has 0 aromatic carbocycles. The molecule has 3 nitrogen and oxygen atoms in total. The third-order valence-corrected chi connectivity index (χ3v) is 6.92. The molecule has 4 rings (SSSR count). The van der Waals surface area contributed by atoms with Gasteiger partial charge in [0.2, 0.25) is 6.29 Å². The topological polar surface area (TPSA) is 35.5 Å². The average molecular weight is 337 g/mol. The van der Waals surface area contributed by atoms with Crippen LogP contribution in [0.25, 0.3) is 0 Å². The highest BCUT2D eigenvalue weighted by molar-refractivity contribution is 5.75. The van der Waals surface area contributed by atoms with Gasteiger partial charge in [0.15, 0.2) is 0 Å². The highest BCUT2D eigenvalue weighted by atomic mass is 16.7. The van der Waals surface area contributed by atoms with Crippen molar-refractivity contribution in [1.29, 1.82) is 0 Å². The maximum Gasteiger partial charge on any atom is 0.313 e. The van der Waals surface area contributed by atoms with Crippen molar-refractivity contribution in [3.8, 4) is 0 Å². The molecule has 1 unspecified atom stereocenters. The molecule has 4 saturated carbocycles. The Kier molecular flexibility index (Phi) is 5.03. The van der Waals surface area contributed by atoms with E-state index in [1.54, 1.807) is 0 Å². The van der Waals surface area contributed by atoms with E-state index in [9.17, 15) is 4.79 Å². The van der Waals surface area contributed by atoms with Crippen molar-refractivity contribution in [2.24, 2.45) is 34.5 Å². The fourth-order valence-electron chi connectivity index (χ4n) is 5.50. The molecule has 1 atom stereocenters. The lowest BCUT2D eigenvalue weighted by Crippen LogP contribution is -2.49. The van der Waals surface area contributed by atoms with Crippen molar-refractivity contribution in [2.45, 2.75) is 85.9 Å². The Morgan fingerprint density at radius 3 is 2.00 bits per heavy atom. The Hall–Kier alpha value is -0.570. The van der Waals surface area contributed by atoms with E-state index in [-0.39, 0.29) is 11.9 Å². The van der Waals surface area contributed by atoms with Gasteiger partial charge in [-0.15, -0.1) is 0 Å². The van der Waals surface area contributed by atoms with Gasteiger partial charge in [0.25, 0.3) is 0 Å². The summed E-state index contributed by atoms with van der Waals surface area (Å²) in [4.78, 5) is 12.4. The van der Waals surface area contributed by atoms with Crippen LogP contribution < -0.4 is 0 Å². The van der Waals surface area contributed by atoms with Crippen LogP contribution in [0.5, 0.6) is 0 Å². The summed E-state index contributed by atoms with van der Waals surface area (Å²) in [6.45, 7) is 10.9. The van der Waals surface area contributed by atoms with E-state index in [4.69, 9.17) is 9.47 Å². The minimum atomic E-state index is -0.433. The van der Waals surface area contributed by atoms with Gasteiger partial charge in [0.1, 0.15) is 0 Å². The highest BCUT2D eigenvalue weighted by Crippen LogP contribution is 2.60. The molecule has 0 saturated heterocycles. The Labute approximate surface area is 147 Å². The molecule has 4 aliphatic rings. The van der Waals surface area contributed by atoms with E-state index >= 15 is 0 Å². The van der Waals surface area contributed by atoms with E-state index in [0.29, 0.717) is 5.41 Å². The first kappa shape index (κ1) is 18.2. The summed E-state index contributed by atoms with van der Waals surface area (Å²) in [5.74, 6) is 2.85. The Bertz CT molecular complexity index is 430. The first-order valence-corrected chi connectivity index (χ1v) is 10.1. The molecule has 0 spiro atoms. The maximum atomic E-state index is 12.4. The lowest BCUT2D eigenvalue weighted by Gasteiger charge is -2.56. The van der Waals surface area contributed by atoms with Crippen molar-refractivity contribution < 1.29 is 14.3 Å². The summed E-state index contributed by atoms with van der Waals surface area (Å²) >= 11 is 0. The summed E-state index contributed by atoms with van der Waals surface area (Å²) in [7, 11) is 0. The molecular formula is C21H36O3. The second-order valence-corrected chi connectivity index (χ2v) is 9.98. The minimum Gasteiger partial charge on any atom is -0.435 e. The Morgan fingerprint density at radius 1 is 1.08 bits per heavy atom. The van der Waals surface area contributed by atoms with Crippen LogP contribution in [-0.4, -0.2) is 18.9 Å².